The zero-order valence-electron chi connectivity index (χ0n) is 35.9. The number of ether oxygens (including phenoxy) is 3. The highest BCUT2D eigenvalue weighted by Gasteiger charge is 2.61. The largest absolute Gasteiger partial charge is 0.497 e. The highest BCUT2D eigenvalue weighted by molar-refractivity contribution is 5.99. The van der Waals surface area contributed by atoms with Crippen molar-refractivity contribution in [2.75, 3.05) is 26.7 Å². The SMILES string of the molecule is C=C[C@@H]1C[C@]1(NC(=O)[C@@H]1C[C@@H](Oc2cc(-c3ccccc3)nc3cc(OC)ccc23)CN1C(=O)[C@H](CNC(=O)C1(C#N)CC1)NC(=O)OC(C)(C)C)C(=O)NCCc1ccccc1. The van der Waals surface area contributed by atoms with E-state index in [1.165, 1.54) is 4.90 Å². The van der Waals surface area contributed by atoms with Crippen molar-refractivity contribution >= 4 is 40.6 Å². The van der Waals surface area contributed by atoms with Gasteiger partial charge in [0.25, 0.3) is 0 Å². The Labute approximate surface area is 366 Å². The van der Waals surface area contributed by atoms with Gasteiger partial charge in [-0.1, -0.05) is 66.7 Å². The van der Waals surface area contributed by atoms with Crippen LogP contribution in [0.15, 0.2) is 97.6 Å². The lowest BCUT2D eigenvalue weighted by Crippen LogP contribution is -2.59. The van der Waals surface area contributed by atoms with E-state index in [2.05, 4.69) is 27.8 Å². The molecule has 5 amide bonds. The number of benzene rings is 3. The third-order valence-corrected chi connectivity index (χ3v) is 11.6. The predicted molar refractivity (Wildman–Crippen MR) is 234 cm³/mol. The number of nitrogens with one attached hydrogen (secondary N) is 4. The Morgan fingerprint density at radius 3 is 2.33 bits per heavy atom. The molecule has 3 fully saturated rings. The monoisotopic (exact) mass is 855 g/mol. The second kappa shape index (κ2) is 18.2. The van der Waals surface area contributed by atoms with Crippen molar-refractivity contribution in [3.8, 4) is 28.8 Å². The molecule has 15 nitrogen and oxygen atoms in total. The molecule has 0 radical (unpaired) electrons. The van der Waals surface area contributed by atoms with Crippen LogP contribution >= 0.6 is 0 Å². The number of nitrogens with zero attached hydrogens (tertiary/aromatic N) is 3. The molecule has 15 heteroatoms. The number of carbonyl (C=O) groups is 5. The minimum atomic E-state index is -1.41. The summed E-state index contributed by atoms with van der Waals surface area (Å²) in [6.07, 6.45) is 1.58. The van der Waals surface area contributed by atoms with Crippen molar-refractivity contribution in [2.45, 2.75) is 82.2 Å². The first-order valence-electron chi connectivity index (χ1n) is 21.1. The number of methoxy groups -OCH3 is 1. The third kappa shape index (κ3) is 10.1. The van der Waals surface area contributed by atoms with Crippen molar-refractivity contribution in [2.24, 2.45) is 11.3 Å². The van der Waals surface area contributed by atoms with Crippen LogP contribution in [0.3, 0.4) is 0 Å². The van der Waals surface area contributed by atoms with Crippen LogP contribution in [0.5, 0.6) is 11.5 Å². The molecule has 2 aliphatic carbocycles. The first kappa shape index (κ1) is 44.1. The Hall–Kier alpha value is -6.95. The molecule has 0 unspecified atom stereocenters. The molecule has 1 saturated heterocycles. The fourth-order valence-corrected chi connectivity index (χ4v) is 7.90. The van der Waals surface area contributed by atoms with Gasteiger partial charge in [-0.25, -0.2) is 9.78 Å². The highest BCUT2D eigenvalue weighted by Crippen LogP contribution is 2.46. The van der Waals surface area contributed by atoms with Gasteiger partial charge >= 0.3 is 6.09 Å². The molecular formula is C48H53N7O8. The number of nitriles is 1. The van der Waals surface area contributed by atoms with Gasteiger partial charge in [-0.05, 0) is 64.2 Å². The third-order valence-electron chi connectivity index (χ3n) is 11.6. The molecule has 328 valence electrons. The summed E-state index contributed by atoms with van der Waals surface area (Å²) in [4.78, 5) is 75.9. The van der Waals surface area contributed by atoms with Crippen LogP contribution in [0.1, 0.15) is 52.0 Å². The smallest absolute Gasteiger partial charge is 0.408 e. The van der Waals surface area contributed by atoms with E-state index >= 15 is 0 Å². The lowest BCUT2D eigenvalue weighted by atomic mass is 10.1. The summed E-state index contributed by atoms with van der Waals surface area (Å²) >= 11 is 0. The van der Waals surface area contributed by atoms with Gasteiger partial charge < -0.3 is 40.4 Å². The maximum absolute atomic E-state index is 14.8. The molecule has 1 aliphatic heterocycles. The molecule has 63 heavy (non-hydrogen) atoms. The molecule has 5 atom stereocenters. The molecule has 7 rings (SSSR count). The highest BCUT2D eigenvalue weighted by atomic mass is 16.6. The number of pyridine rings is 1. The molecule has 0 spiro atoms. The van der Waals surface area contributed by atoms with Gasteiger partial charge in [0.1, 0.15) is 46.2 Å². The van der Waals surface area contributed by atoms with Crippen molar-refractivity contribution < 1.29 is 38.2 Å². The average molecular weight is 856 g/mol. The molecule has 3 aromatic carbocycles. The second-order valence-corrected chi connectivity index (χ2v) is 17.3. The first-order valence-corrected chi connectivity index (χ1v) is 21.1. The number of hydrogen-bond donors (Lipinski definition) is 4. The summed E-state index contributed by atoms with van der Waals surface area (Å²) in [5.74, 6) is -1.57. The standard InChI is InChI=1S/C48H53N7O8/c1-6-32-26-48(32,44(59)50-22-19-30-13-9-7-10-14-30)54-41(56)39-24-34(62-40-25-36(31-15-11-8-12-16-31)52-37-23-33(61-5)17-18-35(37)40)28-55(39)42(57)38(53-45(60)63-46(2,3)4)27-51-43(58)47(29-49)20-21-47/h6-18,23,25,32,34,38-39H,1,19-22,24,26-28H2,2-5H3,(H,50,59)(H,51,58)(H,53,60)(H,54,56)/t32-,34-,38+,39+,48-/m1/s1. The average Bonchev–Trinajstić information content (AvgIpc) is 4.18. The van der Waals surface area contributed by atoms with Gasteiger partial charge in [-0.3, -0.25) is 19.2 Å². The molecule has 4 aromatic rings. The minimum Gasteiger partial charge on any atom is -0.497 e. The fraction of sp³-hybridized carbons (Fsp3) is 0.396. The predicted octanol–water partition coefficient (Wildman–Crippen LogP) is 4.99. The molecule has 4 N–H and O–H groups in total. The second-order valence-electron chi connectivity index (χ2n) is 17.3. The molecule has 1 aromatic heterocycles. The van der Waals surface area contributed by atoms with E-state index in [9.17, 15) is 29.2 Å². The van der Waals surface area contributed by atoms with E-state index in [1.807, 2.05) is 78.9 Å². The number of alkyl carbamates (subject to hydrolysis) is 1. The Morgan fingerprint density at radius 1 is 0.984 bits per heavy atom. The lowest BCUT2D eigenvalue weighted by Gasteiger charge is -2.30. The van der Waals surface area contributed by atoms with Crippen molar-refractivity contribution in [1.82, 2.24) is 31.2 Å². The topological polar surface area (TPSA) is 201 Å². The van der Waals surface area contributed by atoms with Crippen LogP contribution in [0, 0.1) is 22.7 Å². The number of fused-ring (bicyclic) bond motifs is 1. The molecule has 3 aliphatic rings. The van der Waals surface area contributed by atoms with Crippen molar-refractivity contribution in [1.29, 1.82) is 5.26 Å². The summed E-state index contributed by atoms with van der Waals surface area (Å²) in [5.41, 5.74) is -0.326. The van der Waals surface area contributed by atoms with E-state index in [0.717, 1.165) is 11.1 Å². The number of rotatable bonds is 16. The molecule has 2 saturated carbocycles. The summed E-state index contributed by atoms with van der Waals surface area (Å²) in [6.45, 7) is 8.75. The fourth-order valence-electron chi connectivity index (χ4n) is 7.90. The Morgan fingerprint density at radius 2 is 1.70 bits per heavy atom. The molecular weight excluding hydrogens is 803 g/mol. The summed E-state index contributed by atoms with van der Waals surface area (Å²) in [6, 6.07) is 25.9. The Kier molecular flexibility index (Phi) is 12.7. The number of carbonyl (C=O) groups excluding carboxylic acids is 5. The Bertz CT molecular complexity index is 2430. The van der Waals surface area contributed by atoms with Gasteiger partial charge in [0, 0.05) is 48.5 Å². The Balaban J connectivity index is 1.19. The molecule has 2 heterocycles. The minimum absolute atomic E-state index is 0.00569. The number of aromatic nitrogens is 1. The van der Waals surface area contributed by atoms with Crippen LogP contribution in [0.2, 0.25) is 0 Å². The number of amides is 5. The van der Waals surface area contributed by atoms with Crippen molar-refractivity contribution in [3.63, 3.8) is 0 Å². The first-order chi connectivity index (χ1) is 30.2. The lowest BCUT2D eigenvalue weighted by molar-refractivity contribution is -0.141. The summed E-state index contributed by atoms with van der Waals surface area (Å²) < 4.78 is 17.7. The zero-order valence-corrected chi connectivity index (χ0v) is 35.9. The van der Waals surface area contributed by atoms with Crippen LogP contribution in [-0.2, 0) is 30.3 Å². The van der Waals surface area contributed by atoms with Crippen LogP contribution < -0.4 is 30.7 Å². The summed E-state index contributed by atoms with van der Waals surface area (Å²) in [5, 5.41) is 21.5. The van der Waals surface area contributed by atoms with E-state index in [4.69, 9.17) is 19.2 Å². The van der Waals surface area contributed by atoms with Crippen LogP contribution in [-0.4, -0.2) is 95.7 Å². The van der Waals surface area contributed by atoms with Gasteiger partial charge in [-0.2, -0.15) is 5.26 Å². The van der Waals surface area contributed by atoms with Gasteiger partial charge in [-0.15, -0.1) is 6.58 Å². The van der Waals surface area contributed by atoms with Crippen molar-refractivity contribution in [3.05, 3.63) is 103 Å². The number of likely N-dealkylation sites (tertiary alicyclic amines) is 1. The maximum Gasteiger partial charge on any atom is 0.408 e. The van der Waals surface area contributed by atoms with Gasteiger partial charge in [0.05, 0.1) is 30.9 Å². The van der Waals surface area contributed by atoms with Crippen LogP contribution in [0.25, 0.3) is 22.2 Å². The van der Waals surface area contributed by atoms with Gasteiger partial charge in [0.2, 0.25) is 23.6 Å². The van der Waals surface area contributed by atoms with Crippen LogP contribution in [0.4, 0.5) is 4.79 Å². The normalized spacial score (nSPS) is 21.2. The zero-order chi connectivity index (χ0) is 44.9. The van der Waals surface area contributed by atoms with E-state index in [1.54, 1.807) is 46.1 Å². The maximum atomic E-state index is 14.8. The van der Waals surface area contributed by atoms with E-state index in [0.29, 0.717) is 60.3 Å². The van der Waals surface area contributed by atoms with E-state index in [-0.39, 0.29) is 31.3 Å². The number of hydrogen-bond acceptors (Lipinski definition) is 10. The summed E-state index contributed by atoms with van der Waals surface area (Å²) in [7, 11) is 1.57. The molecule has 0 bridgehead atoms. The van der Waals surface area contributed by atoms with E-state index < -0.39 is 58.6 Å². The van der Waals surface area contributed by atoms with Gasteiger partial charge in [0.15, 0.2) is 0 Å². The quantitative estimate of drug-likeness (QED) is 0.111.